The van der Waals surface area contributed by atoms with Gasteiger partial charge in [0.15, 0.2) is 9.79 Å². The van der Waals surface area contributed by atoms with Gasteiger partial charge < -0.3 is 24.4 Å². The average Bonchev–Trinajstić information content (AvgIpc) is 3.20. The maximum atomic E-state index is 12.2. The molecular formula is C46H80O5P2S. The third-order valence-corrected chi connectivity index (χ3v) is 22.0. The van der Waals surface area contributed by atoms with Crippen molar-refractivity contribution in [2.45, 2.75) is 168 Å². The fraction of sp³-hybridized carbons (Fsp3) is 0.696. The summed E-state index contributed by atoms with van der Waals surface area (Å²) in [5.74, 6) is -2.61. The summed E-state index contributed by atoms with van der Waals surface area (Å²) in [4.78, 5) is 22.0. The first-order valence-electron chi connectivity index (χ1n) is 21.7. The van der Waals surface area contributed by atoms with E-state index in [1.165, 1.54) is 151 Å². The molecule has 0 N–H and O–H groups in total. The summed E-state index contributed by atoms with van der Waals surface area (Å²) in [5.41, 5.74) is -0.00361. The molecule has 0 unspecified atom stereocenters. The number of carbonyl (C=O) groups is 2. The quantitative estimate of drug-likeness (QED) is 0.0629. The summed E-state index contributed by atoms with van der Waals surface area (Å²) in [6, 6.07) is 10.9. The lowest BCUT2D eigenvalue weighted by atomic mass is 10.2. The van der Waals surface area contributed by atoms with Crippen LogP contribution in [-0.4, -0.2) is 65.8 Å². The van der Waals surface area contributed by atoms with Gasteiger partial charge in [0.25, 0.3) is 0 Å². The fourth-order valence-electron chi connectivity index (χ4n) is 6.86. The van der Waals surface area contributed by atoms with Crippen LogP contribution in [-0.2, 0) is 11.2 Å². The molecule has 0 radical (unpaired) electrons. The molecule has 2 rings (SSSR count). The van der Waals surface area contributed by atoms with Crippen molar-refractivity contribution in [3.63, 3.8) is 0 Å². The zero-order chi connectivity index (χ0) is 40.7. The highest BCUT2D eigenvalue weighted by molar-refractivity contribution is 7.91. The second-order valence-corrected chi connectivity index (χ2v) is 25.6. The van der Waals surface area contributed by atoms with E-state index in [0.29, 0.717) is 9.79 Å². The van der Waals surface area contributed by atoms with Crippen molar-refractivity contribution >= 4 is 37.6 Å². The number of carboxylic acids is 2. The van der Waals surface area contributed by atoms with Crippen LogP contribution in [0.1, 0.15) is 179 Å². The molecule has 0 aromatic heterocycles. The molecule has 0 fully saturated rings. The zero-order valence-electron chi connectivity index (χ0n) is 35.9. The Balaban J connectivity index is 0.000000786. The van der Waals surface area contributed by atoms with Gasteiger partial charge in [-0.05, 0) is 111 Å². The first-order chi connectivity index (χ1) is 26.0. The molecule has 2 aromatic carbocycles. The topological polar surface area (TPSA) is 103 Å². The lowest BCUT2D eigenvalue weighted by molar-refractivity contribution is -0.256. The van der Waals surface area contributed by atoms with Crippen molar-refractivity contribution in [1.29, 1.82) is 0 Å². The molecule has 0 aliphatic rings. The molecule has 0 spiro atoms. The van der Waals surface area contributed by atoms with Crippen LogP contribution in [0.5, 0.6) is 0 Å². The van der Waals surface area contributed by atoms with E-state index >= 15 is 0 Å². The third-order valence-electron chi connectivity index (χ3n) is 10.5. The molecule has 310 valence electrons. The highest BCUT2D eigenvalue weighted by Crippen LogP contribution is 2.62. The summed E-state index contributed by atoms with van der Waals surface area (Å²) < 4.78 is 12.2. The molecule has 0 atom stereocenters. The Bertz CT molecular complexity index is 1040. The minimum Gasteiger partial charge on any atom is -0.606 e. The molecule has 8 heteroatoms. The Labute approximate surface area is 337 Å². The second-order valence-electron chi connectivity index (χ2n) is 15.2. The minimum atomic E-state index is -1.52. The van der Waals surface area contributed by atoms with Gasteiger partial charge in [0.1, 0.15) is 0 Å². The van der Waals surface area contributed by atoms with Crippen LogP contribution in [0.2, 0.25) is 0 Å². The van der Waals surface area contributed by atoms with Gasteiger partial charge in [-0.1, -0.05) is 107 Å². The van der Waals surface area contributed by atoms with E-state index in [0.717, 1.165) is 0 Å². The van der Waals surface area contributed by atoms with E-state index in [9.17, 15) is 24.4 Å². The standard InChI is InChI=1S/2C16H36P.C14H10O5S/c2*1-5-9-13-17(14-10-6-2,15-11-7-3)16-12-8-4;15-13(16)9-1-5-11(6-2-9)20(19)12-7-3-10(4-8-12)14(17)18/h2*5-16H2,1-4H3;1-8H,(H,15,16)(H,17,18)/q2*+1;/p-2. The van der Waals surface area contributed by atoms with E-state index in [1.807, 2.05) is 0 Å². The van der Waals surface area contributed by atoms with E-state index in [2.05, 4.69) is 55.4 Å². The van der Waals surface area contributed by atoms with Crippen LogP contribution in [0.25, 0.3) is 0 Å². The van der Waals surface area contributed by atoms with Gasteiger partial charge in [0, 0.05) is 25.7 Å². The molecule has 2 aromatic rings. The van der Waals surface area contributed by atoms with Crippen molar-refractivity contribution < 1.29 is 24.4 Å². The van der Waals surface area contributed by atoms with Crippen LogP contribution in [0.4, 0.5) is 0 Å². The van der Waals surface area contributed by atoms with Crippen molar-refractivity contribution in [2.75, 3.05) is 49.3 Å². The number of carbonyl (C=O) groups excluding carboxylic acids is 2. The zero-order valence-corrected chi connectivity index (χ0v) is 38.5. The Morgan fingerprint density at radius 2 is 0.593 bits per heavy atom. The van der Waals surface area contributed by atoms with Crippen molar-refractivity contribution in [3.05, 3.63) is 59.7 Å². The normalized spacial score (nSPS) is 11.4. The smallest absolute Gasteiger partial charge is 0.158 e. The van der Waals surface area contributed by atoms with Gasteiger partial charge in [-0.2, -0.15) is 0 Å². The van der Waals surface area contributed by atoms with Crippen molar-refractivity contribution in [1.82, 2.24) is 0 Å². The summed E-state index contributed by atoms with van der Waals surface area (Å²) in [6.07, 6.45) is 35.9. The number of hydrogen-bond donors (Lipinski definition) is 0. The largest absolute Gasteiger partial charge is 0.606 e. The molecule has 5 nitrogen and oxygen atoms in total. The number of benzene rings is 2. The summed E-state index contributed by atoms with van der Waals surface area (Å²) >= 11 is -1.52. The third kappa shape index (κ3) is 22.3. The molecule has 0 saturated heterocycles. The van der Waals surface area contributed by atoms with Crippen LogP contribution in [0.15, 0.2) is 58.3 Å². The van der Waals surface area contributed by atoms with Crippen LogP contribution in [0, 0.1) is 0 Å². The van der Waals surface area contributed by atoms with Gasteiger partial charge in [-0.25, -0.2) is 0 Å². The Hall–Kier alpha value is -1.45. The Morgan fingerprint density at radius 1 is 0.407 bits per heavy atom. The van der Waals surface area contributed by atoms with E-state index < -0.39 is 37.6 Å². The Kier molecular flexibility index (Phi) is 31.7. The first-order valence-corrected chi connectivity index (χ1v) is 27.9. The number of unbranched alkanes of at least 4 members (excludes halogenated alkanes) is 8. The number of aromatic carboxylic acids is 2. The lowest BCUT2D eigenvalue weighted by Crippen LogP contribution is -2.22. The monoisotopic (exact) mass is 807 g/mol. The highest BCUT2D eigenvalue weighted by atomic mass is 32.2. The van der Waals surface area contributed by atoms with E-state index in [-0.39, 0.29) is 11.1 Å². The minimum absolute atomic E-state index is 0.00181. The molecule has 54 heavy (non-hydrogen) atoms. The molecule has 0 heterocycles. The van der Waals surface area contributed by atoms with Crippen molar-refractivity contribution in [2.24, 2.45) is 0 Å². The number of carboxylic acid groups (broad SMARTS) is 2. The van der Waals surface area contributed by atoms with Gasteiger partial charge in [-0.3, -0.25) is 0 Å². The van der Waals surface area contributed by atoms with Crippen LogP contribution < -0.4 is 10.2 Å². The fourth-order valence-corrected chi connectivity index (χ4v) is 18.5. The van der Waals surface area contributed by atoms with E-state index in [4.69, 9.17) is 0 Å². The molecule has 0 aliphatic heterocycles. The summed E-state index contributed by atoms with van der Waals surface area (Å²) in [7, 11) is -1.12. The average molecular weight is 807 g/mol. The predicted octanol–water partition coefficient (Wildman–Crippen LogP) is 12.0. The van der Waals surface area contributed by atoms with Crippen molar-refractivity contribution in [3.8, 4) is 0 Å². The molecule has 0 aliphatic carbocycles. The molecule has 0 saturated carbocycles. The predicted molar refractivity (Wildman–Crippen MR) is 238 cm³/mol. The summed E-state index contributed by atoms with van der Waals surface area (Å²) in [6.45, 7) is 18.8. The van der Waals surface area contributed by atoms with Crippen LogP contribution in [0.3, 0.4) is 0 Å². The lowest BCUT2D eigenvalue weighted by Gasteiger charge is -2.28. The Morgan fingerprint density at radius 3 is 0.741 bits per heavy atom. The van der Waals surface area contributed by atoms with E-state index in [1.54, 1.807) is 49.3 Å². The second kappa shape index (κ2) is 32.6. The highest BCUT2D eigenvalue weighted by Gasteiger charge is 2.35. The van der Waals surface area contributed by atoms with Gasteiger partial charge in [0.05, 0.1) is 61.2 Å². The van der Waals surface area contributed by atoms with Gasteiger partial charge in [-0.15, -0.1) is 0 Å². The molecular weight excluding hydrogens is 727 g/mol. The summed E-state index contributed by atoms with van der Waals surface area (Å²) in [5, 5.41) is 21.2. The first kappa shape index (κ1) is 52.6. The van der Waals surface area contributed by atoms with Gasteiger partial charge >= 0.3 is 0 Å². The molecule has 0 bridgehead atoms. The van der Waals surface area contributed by atoms with Crippen LogP contribution >= 0.6 is 14.5 Å². The molecule has 0 amide bonds. The number of hydrogen-bond acceptors (Lipinski definition) is 5. The maximum absolute atomic E-state index is 12.2. The number of rotatable bonds is 28. The SMILES string of the molecule is CCCC[P+](CCCC)(CCCC)CCCC.CCCC[P+](CCCC)(CCCC)CCCC.O=C([O-])c1ccc([S+]([O-])c2ccc(C(=O)[O-])cc2)cc1. The maximum Gasteiger partial charge on any atom is 0.158 e. The van der Waals surface area contributed by atoms with Gasteiger partial charge in [0.2, 0.25) is 0 Å².